The third-order valence-electron chi connectivity index (χ3n) is 6.05. The number of carbonyl (C=O) groups is 2. The Balaban J connectivity index is 1.46. The number of carbonyl (C=O) groups excluding carboxylic acids is 2. The van der Waals surface area contributed by atoms with Crippen LogP contribution in [0.25, 0.3) is 0 Å². The van der Waals surface area contributed by atoms with Gasteiger partial charge >= 0.3 is 6.18 Å². The van der Waals surface area contributed by atoms with E-state index in [4.69, 9.17) is 4.74 Å². The number of benzene rings is 2. The standard InChI is InChI=1S/C22H21F3N4O5/c1-34-16-5-3-15(4-6-16)28-20(30)13-19(21(28)31)27-10-8-26(9-11-27)17-7-2-14(22(23,24)25)12-18(17)29(32)33/h2-7,12,19H,8-11,13H2,1H3. The van der Waals surface area contributed by atoms with E-state index in [2.05, 4.69) is 0 Å². The molecular weight excluding hydrogens is 457 g/mol. The fourth-order valence-electron chi connectivity index (χ4n) is 4.29. The van der Waals surface area contributed by atoms with Gasteiger partial charge in [0.2, 0.25) is 5.91 Å². The second-order valence-corrected chi connectivity index (χ2v) is 7.97. The summed E-state index contributed by atoms with van der Waals surface area (Å²) in [6.07, 6.45) is -4.68. The van der Waals surface area contributed by atoms with Gasteiger partial charge in [-0.15, -0.1) is 0 Å². The molecule has 0 radical (unpaired) electrons. The van der Waals surface area contributed by atoms with E-state index in [9.17, 15) is 32.9 Å². The number of piperazine rings is 1. The molecule has 0 saturated carbocycles. The quantitative estimate of drug-likeness (QED) is 0.370. The predicted octanol–water partition coefficient (Wildman–Crippen LogP) is 3.08. The highest BCUT2D eigenvalue weighted by Crippen LogP contribution is 2.37. The molecule has 2 fully saturated rings. The molecule has 2 heterocycles. The SMILES string of the molecule is COc1ccc(N2C(=O)CC(N3CCN(c4ccc(C(F)(F)F)cc4[N+](=O)[O-])CC3)C2=O)cc1. The summed E-state index contributed by atoms with van der Waals surface area (Å²) in [6.45, 7) is 1.15. The molecule has 34 heavy (non-hydrogen) atoms. The zero-order valence-corrected chi connectivity index (χ0v) is 18.1. The lowest BCUT2D eigenvalue weighted by Gasteiger charge is -2.37. The van der Waals surface area contributed by atoms with Gasteiger partial charge in [-0.3, -0.25) is 24.6 Å². The first-order valence-electron chi connectivity index (χ1n) is 10.5. The molecule has 9 nitrogen and oxygen atoms in total. The summed E-state index contributed by atoms with van der Waals surface area (Å²) in [5, 5.41) is 11.4. The number of methoxy groups -OCH3 is 1. The molecule has 0 aromatic heterocycles. The second kappa shape index (κ2) is 8.93. The van der Waals surface area contributed by atoms with Crippen molar-refractivity contribution in [2.45, 2.75) is 18.6 Å². The molecule has 2 aliphatic rings. The summed E-state index contributed by atoms with van der Waals surface area (Å²) >= 11 is 0. The molecular formula is C22H21F3N4O5. The van der Waals surface area contributed by atoms with Gasteiger partial charge in [0.15, 0.2) is 0 Å². The van der Waals surface area contributed by atoms with Crippen molar-refractivity contribution in [2.24, 2.45) is 0 Å². The molecule has 0 N–H and O–H groups in total. The minimum absolute atomic E-state index is 0.00525. The van der Waals surface area contributed by atoms with Gasteiger partial charge in [-0.25, -0.2) is 4.90 Å². The average Bonchev–Trinajstić information content (AvgIpc) is 3.12. The Morgan fingerprint density at radius 2 is 1.68 bits per heavy atom. The monoisotopic (exact) mass is 478 g/mol. The number of imide groups is 1. The maximum atomic E-state index is 13.0. The van der Waals surface area contributed by atoms with Crippen molar-refractivity contribution in [1.29, 1.82) is 0 Å². The second-order valence-electron chi connectivity index (χ2n) is 7.97. The molecule has 2 saturated heterocycles. The van der Waals surface area contributed by atoms with Crippen molar-refractivity contribution in [3.63, 3.8) is 0 Å². The van der Waals surface area contributed by atoms with Crippen molar-refractivity contribution in [2.75, 3.05) is 43.1 Å². The predicted molar refractivity (Wildman–Crippen MR) is 116 cm³/mol. The molecule has 0 spiro atoms. The number of alkyl halides is 3. The Morgan fingerprint density at radius 1 is 1.03 bits per heavy atom. The maximum absolute atomic E-state index is 13.0. The highest BCUT2D eigenvalue weighted by molar-refractivity contribution is 6.22. The van der Waals surface area contributed by atoms with Crippen LogP contribution in [0.3, 0.4) is 0 Å². The fraction of sp³-hybridized carbons (Fsp3) is 0.364. The molecule has 2 aliphatic heterocycles. The molecule has 2 amide bonds. The average molecular weight is 478 g/mol. The van der Waals surface area contributed by atoms with Crippen molar-refractivity contribution >= 4 is 28.9 Å². The Morgan fingerprint density at radius 3 is 2.24 bits per heavy atom. The number of nitrogens with zero attached hydrogens (tertiary/aromatic N) is 4. The summed E-state index contributed by atoms with van der Waals surface area (Å²) in [4.78, 5) is 40.8. The molecule has 4 rings (SSSR count). The number of nitro benzene ring substituents is 1. The van der Waals surface area contributed by atoms with Crippen molar-refractivity contribution < 1.29 is 32.4 Å². The summed E-state index contributed by atoms with van der Waals surface area (Å²) in [5.74, 6) is -0.0991. The molecule has 180 valence electrons. The molecule has 1 atom stereocenters. The highest BCUT2D eigenvalue weighted by Gasteiger charge is 2.43. The largest absolute Gasteiger partial charge is 0.497 e. The van der Waals surface area contributed by atoms with Gasteiger partial charge in [0.25, 0.3) is 11.6 Å². The highest BCUT2D eigenvalue weighted by atomic mass is 19.4. The summed E-state index contributed by atoms with van der Waals surface area (Å²) in [5.41, 5.74) is -1.18. The maximum Gasteiger partial charge on any atom is 0.416 e. The fourth-order valence-corrected chi connectivity index (χ4v) is 4.29. The van der Waals surface area contributed by atoms with Gasteiger partial charge in [-0.2, -0.15) is 13.2 Å². The van der Waals surface area contributed by atoms with E-state index in [0.717, 1.165) is 17.0 Å². The van der Waals surface area contributed by atoms with Crippen molar-refractivity contribution in [1.82, 2.24) is 4.90 Å². The van der Waals surface area contributed by atoms with Gasteiger partial charge in [-0.05, 0) is 36.4 Å². The Hall–Kier alpha value is -3.67. The number of ether oxygens (including phenoxy) is 1. The number of hydrogen-bond donors (Lipinski definition) is 0. The molecule has 1 unspecified atom stereocenters. The lowest BCUT2D eigenvalue weighted by Crippen LogP contribution is -2.52. The van der Waals surface area contributed by atoms with Gasteiger partial charge in [-0.1, -0.05) is 0 Å². The first-order chi connectivity index (χ1) is 16.1. The van der Waals surface area contributed by atoms with Crippen LogP contribution in [-0.2, 0) is 15.8 Å². The molecule has 2 aromatic carbocycles. The third kappa shape index (κ3) is 4.40. The van der Waals surface area contributed by atoms with Gasteiger partial charge in [0.05, 0.1) is 35.7 Å². The number of rotatable bonds is 5. The van der Waals surface area contributed by atoms with E-state index >= 15 is 0 Å². The number of hydrogen-bond acceptors (Lipinski definition) is 7. The smallest absolute Gasteiger partial charge is 0.416 e. The summed E-state index contributed by atoms with van der Waals surface area (Å²) in [7, 11) is 1.51. The lowest BCUT2D eigenvalue weighted by atomic mass is 10.1. The van der Waals surface area contributed by atoms with Crippen LogP contribution in [0.1, 0.15) is 12.0 Å². The normalized spacial score (nSPS) is 19.6. The minimum atomic E-state index is -4.69. The van der Waals surface area contributed by atoms with Crippen LogP contribution in [0.15, 0.2) is 42.5 Å². The Bertz CT molecular complexity index is 1110. The van der Waals surface area contributed by atoms with Gasteiger partial charge < -0.3 is 9.64 Å². The third-order valence-corrected chi connectivity index (χ3v) is 6.05. The first-order valence-corrected chi connectivity index (χ1v) is 10.5. The van der Waals surface area contributed by atoms with Crippen LogP contribution in [0.2, 0.25) is 0 Å². The van der Waals surface area contributed by atoms with Crippen LogP contribution in [0.5, 0.6) is 5.75 Å². The zero-order chi connectivity index (χ0) is 24.6. The minimum Gasteiger partial charge on any atom is -0.497 e. The summed E-state index contributed by atoms with van der Waals surface area (Å²) in [6, 6.07) is 8.34. The van der Waals surface area contributed by atoms with Crippen LogP contribution in [0.4, 0.5) is 30.2 Å². The lowest BCUT2D eigenvalue weighted by molar-refractivity contribution is -0.384. The first kappa shape index (κ1) is 23.5. The molecule has 12 heteroatoms. The molecule has 2 aromatic rings. The van der Waals surface area contributed by atoms with Gasteiger partial charge in [0, 0.05) is 32.2 Å². The number of amides is 2. The van der Waals surface area contributed by atoms with Gasteiger partial charge in [0.1, 0.15) is 11.4 Å². The van der Waals surface area contributed by atoms with Crippen LogP contribution < -0.4 is 14.5 Å². The number of anilines is 2. The van der Waals surface area contributed by atoms with Crippen molar-refractivity contribution in [3.8, 4) is 5.75 Å². The number of halogens is 3. The Kier molecular flexibility index (Phi) is 6.17. The topological polar surface area (TPSA) is 96.2 Å². The van der Waals surface area contributed by atoms with Crippen LogP contribution in [0, 0.1) is 10.1 Å². The zero-order valence-electron chi connectivity index (χ0n) is 18.1. The molecule has 0 bridgehead atoms. The van der Waals surface area contributed by atoms with Crippen LogP contribution in [-0.4, -0.2) is 61.0 Å². The Labute approximate surface area is 192 Å². The number of nitro groups is 1. The van der Waals surface area contributed by atoms with E-state index < -0.39 is 28.4 Å². The van der Waals surface area contributed by atoms with E-state index in [1.165, 1.54) is 7.11 Å². The van der Waals surface area contributed by atoms with E-state index in [0.29, 0.717) is 30.6 Å². The van der Waals surface area contributed by atoms with E-state index in [-0.39, 0.29) is 37.0 Å². The summed E-state index contributed by atoms with van der Waals surface area (Å²) < 4.78 is 44.0. The molecule has 0 aliphatic carbocycles. The van der Waals surface area contributed by atoms with E-state index in [1.54, 1.807) is 29.2 Å². The van der Waals surface area contributed by atoms with Crippen molar-refractivity contribution in [3.05, 3.63) is 58.1 Å². The van der Waals surface area contributed by atoms with E-state index in [1.807, 2.05) is 4.90 Å². The van der Waals surface area contributed by atoms with Crippen LogP contribution >= 0.6 is 0 Å².